The van der Waals surface area contributed by atoms with E-state index in [1.54, 1.807) is 12.3 Å². The highest BCUT2D eigenvalue weighted by molar-refractivity contribution is 6.06. The number of hydrogen-bond acceptors (Lipinski definition) is 3. The maximum absolute atomic E-state index is 12.0. The van der Waals surface area contributed by atoms with Crippen molar-refractivity contribution in [3.63, 3.8) is 0 Å². The van der Waals surface area contributed by atoms with Gasteiger partial charge in [0, 0.05) is 18.1 Å². The van der Waals surface area contributed by atoms with Crippen LogP contribution in [0.25, 0.3) is 10.9 Å². The van der Waals surface area contributed by atoms with Crippen molar-refractivity contribution < 1.29 is 4.79 Å². The van der Waals surface area contributed by atoms with E-state index in [0.29, 0.717) is 17.8 Å². The molecule has 0 spiro atoms. The van der Waals surface area contributed by atoms with Crippen LogP contribution in [0.1, 0.15) is 35.7 Å². The van der Waals surface area contributed by atoms with Gasteiger partial charge in [0.25, 0.3) is 5.91 Å². The normalized spacial score (nSPS) is 10.5. The second-order valence-electron chi connectivity index (χ2n) is 5.00. The highest BCUT2D eigenvalue weighted by atomic mass is 16.1. The molecule has 0 unspecified atom stereocenters. The van der Waals surface area contributed by atoms with Gasteiger partial charge in [-0.1, -0.05) is 37.6 Å². The van der Waals surface area contributed by atoms with E-state index >= 15 is 0 Å². The van der Waals surface area contributed by atoms with Gasteiger partial charge in [-0.15, -0.1) is 6.58 Å². The minimum atomic E-state index is -0.222. The third kappa shape index (κ3) is 3.21. The van der Waals surface area contributed by atoms with E-state index in [2.05, 4.69) is 29.9 Å². The Morgan fingerprint density at radius 1 is 1.48 bits per heavy atom. The van der Waals surface area contributed by atoms with Crippen LogP contribution in [-0.2, 0) is 6.42 Å². The van der Waals surface area contributed by atoms with E-state index in [0.717, 1.165) is 30.2 Å². The molecule has 1 amide bonds. The molecule has 21 heavy (non-hydrogen) atoms. The van der Waals surface area contributed by atoms with Crippen LogP contribution in [-0.4, -0.2) is 17.4 Å². The Morgan fingerprint density at radius 2 is 2.29 bits per heavy atom. The summed E-state index contributed by atoms with van der Waals surface area (Å²) in [6.45, 7) is 6.15. The molecule has 2 aromatic rings. The molecule has 0 saturated heterocycles. The third-order valence-electron chi connectivity index (χ3n) is 3.47. The number of aryl methyl sites for hydroxylation is 1. The van der Waals surface area contributed by atoms with Gasteiger partial charge in [-0.25, -0.2) is 0 Å². The van der Waals surface area contributed by atoms with Crippen molar-refractivity contribution in [2.75, 3.05) is 12.3 Å². The van der Waals surface area contributed by atoms with Crippen molar-refractivity contribution in [1.82, 2.24) is 10.3 Å². The fourth-order valence-electron chi connectivity index (χ4n) is 2.31. The van der Waals surface area contributed by atoms with Crippen molar-refractivity contribution in [1.29, 1.82) is 0 Å². The van der Waals surface area contributed by atoms with E-state index in [4.69, 9.17) is 5.73 Å². The van der Waals surface area contributed by atoms with Crippen LogP contribution in [0.15, 0.2) is 37.1 Å². The fourth-order valence-corrected chi connectivity index (χ4v) is 2.31. The summed E-state index contributed by atoms with van der Waals surface area (Å²) in [6, 6.07) is 5.95. The monoisotopic (exact) mass is 283 g/mol. The SMILES string of the molecule is C=CCNC(=O)c1cnc2c(CCCC)cccc2c1N. The summed E-state index contributed by atoms with van der Waals surface area (Å²) >= 11 is 0. The molecular formula is C17H21N3O. The van der Waals surface area contributed by atoms with Crippen molar-refractivity contribution in [3.8, 4) is 0 Å². The lowest BCUT2D eigenvalue weighted by atomic mass is 10.0. The Labute approximate surface area is 125 Å². The Hall–Kier alpha value is -2.36. The first kappa shape index (κ1) is 15.0. The third-order valence-corrected chi connectivity index (χ3v) is 3.47. The molecule has 4 nitrogen and oxygen atoms in total. The number of nitrogens with two attached hydrogens (primary N) is 1. The number of hydrogen-bond donors (Lipinski definition) is 2. The molecule has 0 saturated carbocycles. The first-order valence-corrected chi connectivity index (χ1v) is 7.24. The van der Waals surface area contributed by atoms with Gasteiger partial charge in [-0.3, -0.25) is 9.78 Å². The summed E-state index contributed by atoms with van der Waals surface area (Å²) in [4.78, 5) is 16.5. The Bertz CT molecular complexity index is 664. The Morgan fingerprint density at radius 3 is 3.00 bits per heavy atom. The van der Waals surface area contributed by atoms with Gasteiger partial charge < -0.3 is 11.1 Å². The molecular weight excluding hydrogens is 262 g/mol. The van der Waals surface area contributed by atoms with Crippen LogP contribution in [0.5, 0.6) is 0 Å². The van der Waals surface area contributed by atoms with Crippen molar-refractivity contribution in [2.24, 2.45) is 0 Å². The van der Waals surface area contributed by atoms with E-state index < -0.39 is 0 Å². The van der Waals surface area contributed by atoms with Gasteiger partial charge in [0.2, 0.25) is 0 Å². The number of aromatic nitrogens is 1. The lowest BCUT2D eigenvalue weighted by Crippen LogP contribution is -2.24. The number of nitrogens with one attached hydrogen (secondary N) is 1. The zero-order valence-electron chi connectivity index (χ0n) is 12.4. The van der Waals surface area contributed by atoms with Crippen LogP contribution in [0, 0.1) is 0 Å². The summed E-state index contributed by atoms with van der Waals surface area (Å²) in [5.41, 5.74) is 9.13. The van der Waals surface area contributed by atoms with E-state index in [9.17, 15) is 4.79 Å². The number of rotatable bonds is 6. The number of fused-ring (bicyclic) bond motifs is 1. The van der Waals surface area contributed by atoms with Crippen molar-refractivity contribution in [3.05, 3.63) is 48.2 Å². The lowest BCUT2D eigenvalue weighted by molar-refractivity contribution is 0.0958. The van der Waals surface area contributed by atoms with Crippen LogP contribution < -0.4 is 11.1 Å². The molecule has 0 bridgehead atoms. The zero-order valence-corrected chi connectivity index (χ0v) is 12.4. The minimum Gasteiger partial charge on any atom is -0.397 e. The second kappa shape index (κ2) is 6.88. The maximum Gasteiger partial charge on any atom is 0.255 e. The molecule has 2 rings (SSSR count). The average Bonchev–Trinajstić information content (AvgIpc) is 2.51. The average molecular weight is 283 g/mol. The molecule has 3 N–H and O–H groups in total. The smallest absolute Gasteiger partial charge is 0.255 e. The second-order valence-corrected chi connectivity index (χ2v) is 5.00. The van der Waals surface area contributed by atoms with E-state index in [-0.39, 0.29) is 5.91 Å². The quantitative estimate of drug-likeness (QED) is 0.801. The van der Waals surface area contributed by atoms with Crippen LogP contribution >= 0.6 is 0 Å². The summed E-state index contributed by atoms with van der Waals surface area (Å²) in [7, 11) is 0. The highest BCUT2D eigenvalue weighted by Crippen LogP contribution is 2.26. The summed E-state index contributed by atoms with van der Waals surface area (Å²) in [5, 5.41) is 3.57. The lowest BCUT2D eigenvalue weighted by Gasteiger charge is -2.11. The van der Waals surface area contributed by atoms with Crippen molar-refractivity contribution >= 4 is 22.5 Å². The number of carbonyl (C=O) groups is 1. The number of anilines is 1. The predicted octanol–water partition coefficient (Wildman–Crippen LogP) is 3.08. The summed E-state index contributed by atoms with van der Waals surface area (Å²) in [5.74, 6) is -0.222. The number of nitrogen functional groups attached to an aromatic ring is 1. The topological polar surface area (TPSA) is 68.0 Å². The summed E-state index contributed by atoms with van der Waals surface area (Å²) < 4.78 is 0. The first-order valence-electron chi connectivity index (χ1n) is 7.24. The standard InChI is InChI=1S/C17H21N3O/c1-3-5-7-12-8-6-9-13-15(18)14(11-20-16(12)13)17(21)19-10-4-2/h4,6,8-9,11H,2-3,5,7,10H2,1H3,(H2,18,20)(H,19,21). The Kier molecular flexibility index (Phi) is 4.93. The number of pyridine rings is 1. The largest absolute Gasteiger partial charge is 0.397 e. The molecule has 1 heterocycles. The molecule has 110 valence electrons. The molecule has 0 radical (unpaired) electrons. The van der Waals surface area contributed by atoms with Crippen molar-refractivity contribution in [2.45, 2.75) is 26.2 Å². The van der Waals surface area contributed by atoms with Gasteiger partial charge in [0.15, 0.2) is 0 Å². The van der Waals surface area contributed by atoms with Crippen LogP contribution in [0.2, 0.25) is 0 Å². The van der Waals surface area contributed by atoms with Gasteiger partial charge >= 0.3 is 0 Å². The van der Waals surface area contributed by atoms with Crippen LogP contribution in [0.4, 0.5) is 5.69 Å². The van der Waals surface area contributed by atoms with Gasteiger partial charge in [-0.2, -0.15) is 0 Å². The minimum absolute atomic E-state index is 0.222. The predicted molar refractivity (Wildman–Crippen MR) is 87.3 cm³/mol. The van der Waals surface area contributed by atoms with Gasteiger partial charge in [0.05, 0.1) is 16.8 Å². The number of amides is 1. The first-order chi connectivity index (χ1) is 10.2. The number of unbranched alkanes of at least 4 members (excludes halogenated alkanes) is 1. The summed E-state index contributed by atoms with van der Waals surface area (Å²) in [6.07, 6.45) is 6.41. The molecule has 0 aliphatic carbocycles. The molecule has 0 atom stereocenters. The van der Waals surface area contributed by atoms with E-state index in [1.165, 1.54) is 5.56 Å². The highest BCUT2D eigenvalue weighted by Gasteiger charge is 2.14. The van der Waals surface area contributed by atoms with Crippen LogP contribution in [0.3, 0.4) is 0 Å². The van der Waals surface area contributed by atoms with Gasteiger partial charge in [-0.05, 0) is 18.4 Å². The molecule has 1 aromatic carbocycles. The molecule has 0 fully saturated rings. The molecule has 0 aliphatic rings. The zero-order chi connectivity index (χ0) is 15.2. The molecule has 1 aromatic heterocycles. The number of para-hydroxylation sites is 1. The molecule has 0 aliphatic heterocycles. The number of carbonyl (C=O) groups excluding carboxylic acids is 1. The van der Waals surface area contributed by atoms with Gasteiger partial charge in [0.1, 0.15) is 0 Å². The molecule has 4 heteroatoms. The maximum atomic E-state index is 12.0. The Balaban J connectivity index is 2.43. The van der Waals surface area contributed by atoms with E-state index in [1.807, 2.05) is 12.1 Å². The number of nitrogens with zero attached hydrogens (tertiary/aromatic N) is 1. The fraction of sp³-hybridized carbons (Fsp3) is 0.294. The number of benzene rings is 1.